The van der Waals surface area contributed by atoms with Crippen molar-refractivity contribution in [2.75, 3.05) is 0 Å². The van der Waals surface area contributed by atoms with Crippen LogP contribution >= 0.6 is 0 Å². The number of pyridine rings is 1. The van der Waals surface area contributed by atoms with E-state index in [4.69, 9.17) is 5.73 Å². The standard InChI is InChI=1S/C11H16N2/c1-8(12)10-4-2-3-9-7-13-6-5-11(9)10/h5-8,10H,2-4,12H2,1H3. The van der Waals surface area contributed by atoms with Crippen LogP contribution in [0.3, 0.4) is 0 Å². The molecule has 0 aliphatic heterocycles. The molecule has 1 aliphatic carbocycles. The van der Waals surface area contributed by atoms with Gasteiger partial charge >= 0.3 is 0 Å². The summed E-state index contributed by atoms with van der Waals surface area (Å²) < 4.78 is 0. The molecule has 2 atom stereocenters. The van der Waals surface area contributed by atoms with Gasteiger partial charge in [-0.2, -0.15) is 0 Å². The lowest BCUT2D eigenvalue weighted by molar-refractivity contribution is 0.484. The fraction of sp³-hybridized carbons (Fsp3) is 0.545. The van der Waals surface area contributed by atoms with E-state index in [2.05, 4.69) is 18.0 Å². The van der Waals surface area contributed by atoms with Crippen LogP contribution in [-0.4, -0.2) is 11.0 Å². The molecule has 2 nitrogen and oxygen atoms in total. The first kappa shape index (κ1) is 8.70. The Morgan fingerprint density at radius 3 is 3.23 bits per heavy atom. The van der Waals surface area contributed by atoms with Crippen molar-refractivity contribution < 1.29 is 0 Å². The molecule has 0 saturated heterocycles. The van der Waals surface area contributed by atoms with E-state index in [0.717, 1.165) is 0 Å². The number of hydrogen-bond acceptors (Lipinski definition) is 2. The molecule has 13 heavy (non-hydrogen) atoms. The van der Waals surface area contributed by atoms with E-state index < -0.39 is 0 Å². The number of aromatic nitrogens is 1. The zero-order valence-electron chi connectivity index (χ0n) is 8.03. The number of fused-ring (bicyclic) bond motifs is 1. The number of nitrogens with zero attached hydrogens (tertiary/aromatic N) is 1. The largest absolute Gasteiger partial charge is 0.327 e. The molecule has 0 saturated carbocycles. The van der Waals surface area contributed by atoms with E-state index in [1.54, 1.807) is 0 Å². The average Bonchev–Trinajstić information content (AvgIpc) is 2.17. The third kappa shape index (κ3) is 1.59. The van der Waals surface area contributed by atoms with Crippen LogP contribution in [0.2, 0.25) is 0 Å². The van der Waals surface area contributed by atoms with Crippen LogP contribution in [0.15, 0.2) is 18.5 Å². The summed E-state index contributed by atoms with van der Waals surface area (Å²) >= 11 is 0. The third-order valence-electron chi connectivity index (χ3n) is 2.94. The fourth-order valence-electron chi connectivity index (χ4n) is 2.22. The molecule has 0 aromatic carbocycles. The Bertz CT molecular complexity index is 294. The Morgan fingerprint density at radius 2 is 2.46 bits per heavy atom. The minimum Gasteiger partial charge on any atom is -0.327 e. The summed E-state index contributed by atoms with van der Waals surface area (Å²) in [6, 6.07) is 2.39. The van der Waals surface area contributed by atoms with Crippen molar-refractivity contribution in [1.82, 2.24) is 4.98 Å². The highest BCUT2D eigenvalue weighted by molar-refractivity contribution is 5.30. The van der Waals surface area contributed by atoms with Gasteiger partial charge in [0, 0.05) is 18.4 Å². The van der Waals surface area contributed by atoms with Crippen LogP contribution in [0.25, 0.3) is 0 Å². The van der Waals surface area contributed by atoms with Crippen LogP contribution in [0, 0.1) is 0 Å². The normalized spacial score (nSPS) is 23.7. The van der Waals surface area contributed by atoms with Crippen LogP contribution in [-0.2, 0) is 6.42 Å². The maximum Gasteiger partial charge on any atom is 0.0302 e. The molecule has 2 N–H and O–H groups in total. The summed E-state index contributed by atoms with van der Waals surface area (Å²) in [5.41, 5.74) is 8.79. The smallest absolute Gasteiger partial charge is 0.0302 e. The molecule has 2 heteroatoms. The Morgan fingerprint density at radius 1 is 1.62 bits per heavy atom. The van der Waals surface area contributed by atoms with Crippen LogP contribution < -0.4 is 5.73 Å². The molecule has 2 unspecified atom stereocenters. The predicted octanol–water partition coefficient (Wildman–Crippen LogP) is 1.85. The quantitative estimate of drug-likeness (QED) is 0.709. The van der Waals surface area contributed by atoms with Crippen molar-refractivity contribution in [2.24, 2.45) is 5.73 Å². The fourth-order valence-corrected chi connectivity index (χ4v) is 2.22. The van der Waals surface area contributed by atoms with Crippen molar-refractivity contribution in [3.63, 3.8) is 0 Å². The van der Waals surface area contributed by atoms with E-state index in [1.165, 1.54) is 30.4 Å². The Labute approximate surface area is 79.2 Å². The van der Waals surface area contributed by atoms with Crippen LogP contribution in [0.5, 0.6) is 0 Å². The Hall–Kier alpha value is -0.890. The maximum absolute atomic E-state index is 5.96. The first-order valence-electron chi connectivity index (χ1n) is 4.97. The molecule has 0 bridgehead atoms. The zero-order chi connectivity index (χ0) is 9.26. The lowest BCUT2D eigenvalue weighted by atomic mass is 9.80. The summed E-state index contributed by atoms with van der Waals surface area (Å²) in [4.78, 5) is 4.15. The van der Waals surface area contributed by atoms with E-state index in [0.29, 0.717) is 5.92 Å². The lowest BCUT2D eigenvalue weighted by Crippen LogP contribution is -2.27. The van der Waals surface area contributed by atoms with Crippen molar-refractivity contribution in [2.45, 2.75) is 38.1 Å². The van der Waals surface area contributed by atoms with Gasteiger partial charge in [-0.3, -0.25) is 4.98 Å². The second kappa shape index (κ2) is 3.46. The van der Waals surface area contributed by atoms with Gasteiger partial charge in [0.2, 0.25) is 0 Å². The van der Waals surface area contributed by atoms with Gasteiger partial charge in [0.05, 0.1) is 0 Å². The molecule has 2 rings (SSSR count). The lowest BCUT2D eigenvalue weighted by Gasteiger charge is -2.27. The van der Waals surface area contributed by atoms with Crippen molar-refractivity contribution in [1.29, 1.82) is 0 Å². The molecule has 0 amide bonds. The van der Waals surface area contributed by atoms with Gasteiger partial charge in [0.15, 0.2) is 0 Å². The highest BCUT2D eigenvalue weighted by atomic mass is 14.7. The number of aryl methyl sites for hydroxylation is 1. The molecule has 1 heterocycles. The molecule has 70 valence electrons. The van der Waals surface area contributed by atoms with E-state index in [9.17, 15) is 0 Å². The third-order valence-corrected chi connectivity index (χ3v) is 2.94. The van der Waals surface area contributed by atoms with Crippen molar-refractivity contribution in [3.05, 3.63) is 29.6 Å². The molecule has 0 spiro atoms. The Kier molecular flexibility index (Phi) is 2.32. The summed E-state index contributed by atoms with van der Waals surface area (Å²) in [5, 5.41) is 0. The first-order valence-corrected chi connectivity index (χ1v) is 4.97. The highest BCUT2D eigenvalue weighted by Crippen LogP contribution is 2.32. The van der Waals surface area contributed by atoms with E-state index in [-0.39, 0.29) is 6.04 Å². The molecule has 1 aliphatic rings. The van der Waals surface area contributed by atoms with E-state index >= 15 is 0 Å². The van der Waals surface area contributed by atoms with Gasteiger partial charge in [-0.25, -0.2) is 0 Å². The molecule has 1 aromatic rings. The highest BCUT2D eigenvalue weighted by Gasteiger charge is 2.22. The number of hydrogen-bond donors (Lipinski definition) is 1. The molecule has 1 aromatic heterocycles. The summed E-state index contributed by atoms with van der Waals surface area (Å²) in [6.45, 7) is 2.10. The maximum atomic E-state index is 5.96. The topological polar surface area (TPSA) is 38.9 Å². The molecular formula is C11H16N2. The Balaban J connectivity index is 2.37. The van der Waals surface area contributed by atoms with Gasteiger partial charge < -0.3 is 5.73 Å². The average molecular weight is 176 g/mol. The summed E-state index contributed by atoms with van der Waals surface area (Å²) in [5.74, 6) is 0.548. The minimum absolute atomic E-state index is 0.265. The van der Waals surface area contributed by atoms with Gasteiger partial charge in [-0.1, -0.05) is 0 Å². The monoisotopic (exact) mass is 176 g/mol. The van der Waals surface area contributed by atoms with Crippen molar-refractivity contribution in [3.8, 4) is 0 Å². The second-order valence-electron chi connectivity index (χ2n) is 3.93. The summed E-state index contributed by atoms with van der Waals surface area (Å²) in [6.07, 6.45) is 7.52. The number of rotatable bonds is 1. The van der Waals surface area contributed by atoms with E-state index in [1.807, 2.05) is 12.4 Å². The number of nitrogens with two attached hydrogens (primary N) is 1. The predicted molar refractivity (Wildman–Crippen MR) is 53.6 cm³/mol. The van der Waals surface area contributed by atoms with Crippen LogP contribution in [0.4, 0.5) is 0 Å². The second-order valence-corrected chi connectivity index (χ2v) is 3.93. The molecular weight excluding hydrogens is 160 g/mol. The van der Waals surface area contributed by atoms with Gasteiger partial charge in [0.25, 0.3) is 0 Å². The first-order chi connectivity index (χ1) is 6.29. The summed E-state index contributed by atoms with van der Waals surface area (Å²) in [7, 11) is 0. The van der Waals surface area contributed by atoms with Gasteiger partial charge in [-0.15, -0.1) is 0 Å². The zero-order valence-corrected chi connectivity index (χ0v) is 8.03. The van der Waals surface area contributed by atoms with Gasteiger partial charge in [-0.05, 0) is 49.3 Å². The molecule has 0 radical (unpaired) electrons. The van der Waals surface area contributed by atoms with Gasteiger partial charge in [0.1, 0.15) is 0 Å². The SMILES string of the molecule is CC(N)C1CCCc2cnccc21. The molecule has 0 fully saturated rings. The van der Waals surface area contributed by atoms with Crippen molar-refractivity contribution >= 4 is 0 Å². The minimum atomic E-state index is 0.265. The van der Waals surface area contributed by atoms with Crippen LogP contribution in [0.1, 0.15) is 36.8 Å².